The number of nitrogens with zero attached hydrogens (tertiary/aromatic N) is 3. The molecule has 1 atom stereocenters. The van der Waals surface area contributed by atoms with E-state index in [1.165, 1.54) is 10.4 Å². The quantitative estimate of drug-likeness (QED) is 0.906. The summed E-state index contributed by atoms with van der Waals surface area (Å²) in [5.74, 6) is 1.51. The van der Waals surface area contributed by atoms with E-state index in [2.05, 4.69) is 52.9 Å². The van der Waals surface area contributed by atoms with Crippen molar-refractivity contribution in [1.29, 1.82) is 0 Å². The smallest absolute Gasteiger partial charge is 0.138 e. The average Bonchev–Trinajstić information content (AvgIpc) is 2.87. The maximum atomic E-state index is 6.28. The van der Waals surface area contributed by atoms with Crippen LogP contribution in [0.3, 0.4) is 0 Å². The maximum absolute atomic E-state index is 6.28. The summed E-state index contributed by atoms with van der Waals surface area (Å²) in [6, 6.07) is 2.12. The number of halogens is 1. The van der Waals surface area contributed by atoms with E-state index < -0.39 is 0 Å². The minimum atomic E-state index is -0.0230. The molecule has 0 aliphatic heterocycles. The predicted octanol–water partition coefficient (Wildman–Crippen LogP) is 3.31. The van der Waals surface area contributed by atoms with Crippen molar-refractivity contribution in [2.45, 2.75) is 39.8 Å². The summed E-state index contributed by atoms with van der Waals surface area (Å²) in [7, 11) is 0. The zero-order valence-corrected chi connectivity index (χ0v) is 13.8. The highest BCUT2D eigenvalue weighted by molar-refractivity contribution is 9.11. The fourth-order valence-corrected chi connectivity index (χ4v) is 3.48. The number of aryl methyl sites for hydroxylation is 1. The van der Waals surface area contributed by atoms with Crippen molar-refractivity contribution in [2.24, 2.45) is 11.7 Å². The monoisotopic (exact) mass is 342 g/mol. The number of nitrogens with two attached hydrogens (primary N) is 1. The summed E-state index contributed by atoms with van der Waals surface area (Å²) in [6.07, 6.45) is 2.33. The number of rotatable bonds is 5. The Kier molecular flexibility index (Phi) is 4.76. The Balaban J connectivity index is 2.10. The van der Waals surface area contributed by atoms with Gasteiger partial charge in [0.25, 0.3) is 0 Å². The van der Waals surface area contributed by atoms with Gasteiger partial charge in [0, 0.05) is 23.9 Å². The highest BCUT2D eigenvalue weighted by Gasteiger charge is 2.15. The van der Waals surface area contributed by atoms with Crippen molar-refractivity contribution in [1.82, 2.24) is 14.8 Å². The summed E-state index contributed by atoms with van der Waals surface area (Å²) < 4.78 is 3.11. The van der Waals surface area contributed by atoms with Crippen molar-refractivity contribution in [3.05, 3.63) is 32.4 Å². The van der Waals surface area contributed by atoms with Gasteiger partial charge in [0.2, 0.25) is 0 Å². The molecule has 0 fully saturated rings. The lowest BCUT2D eigenvalue weighted by atomic mass is 10.1. The van der Waals surface area contributed by atoms with Crippen LogP contribution in [-0.2, 0) is 13.0 Å². The van der Waals surface area contributed by atoms with Gasteiger partial charge in [-0.25, -0.2) is 9.67 Å². The molecular formula is C13H19BrN4S. The molecule has 6 heteroatoms. The largest absolute Gasteiger partial charge is 0.323 e. The second kappa shape index (κ2) is 6.15. The Morgan fingerprint density at radius 1 is 1.47 bits per heavy atom. The summed E-state index contributed by atoms with van der Waals surface area (Å²) >= 11 is 5.24. The first-order chi connectivity index (χ1) is 8.97. The van der Waals surface area contributed by atoms with Crippen LogP contribution in [0.25, 0.3) is 0 Å². The van der Waals surface area contributed by atoms with Gasteiger partial charge in [-0.05, 0) is 40.4 Å². The molecule has 2 aromatic heterocycles. The Hall–Kier alpha value is -0.720. The SMILES string of the molecule is Cc1cc(C(N)Cc2ncnn2CC(C)C)sc1Br. The van der Waals surface area contributed by atoms with Crippen LogP contribution >= 0.6 is 27.3 Å². The lowest BCUT2D eigenvalue weighted by molar-refractivity contribution is 0.460. The summed E-state index contributed by atoms with van der Waals surface area (Å²) in [4.78, 5) is 5.51. The van der Waals surface area contributed by atoms with E-state index >= 15 is 0 Å². The Morgan fingerprint density at radius 3 is 2.79 bits per heavy atom. The molecule has 4 nitrogen and oxygen atoms in total. The van der Waals surface area contributed by atoms with Crippen LogP contribution in [0.5, 0.6) is 0 Å². The highest BCUT2D eigenvalue weighted by atomic mass is 79.9. The van der Waals surface area contributed by atoms with Crippen molar-refractivity contribution in [3.8, 4) is 0 Å². The zero-order chi connectivity index (χ0) is 14.0. The van der Waals surface area contributed by atoms with E-state index in [1.54, 1.807) is 17.7 Å². The predicted molar refractivity (Wildman–Crippen MR) is 82.2 cm³/mol. The van der Waals surface area contributed by atoms with Gasteiger partial charge in [-0.15, -0.1) is 11.3 Å². The summed E-state index contributed by atoms with van der Waals surface area (Å²) in [6.45, 7) is 7.31. The van der Waals surface area contributed by atoms with Crippen LogP contribution < -0.4 is 5.73 Å². The third-order valence-electron chi connectivity index (χ3n) is 2.88. The Bertz CT molecular complexity index is 527. The lowest BCUT2D eigenvalue weighted by Crippen LogP contribution is -2.17. The molecule has 19 heavy (non-hydrogen) atoms. The maximum Gasteiger partial charge on any atom is 0.138 e. The third kappa shape index (κ3) is 3.64. The van der Waals surface area contributed by atoms with Gasteiger partial charge in [0.1, 0.15) is 12.2 Å². The second-order valence-electron chi connectivity index (χ2n) is 5.17. The molecule has 2 aromatic rings. The van der Waals surface area contributed by atoms with Crippen LogP contribution in [0.4, 0.5) is 0 Å². The number of hydrogen-bond acceptors (Lipinski definition) is 4. The van der Waals surface area contributed by atoms with Gasteiger partial charge in [0.05, 0.1) is 3.79 Å². The molecule has 0 aliphatic rings. The molecule has 2 rings (SSSR count). The molecule has 0 bridgehead atoms. The molecular weight excluding hydrogens is 324 g/mol. The topological polar surface area (TPSA) is 56.7 Å². The fraction of sp³-hybridized carbons (Fsp3) is 0.538. The highest BCUT2D eigenvalue weighted by Crippen LogP contribution is 2.31. The van der Waals surface area contributed by atoms with Crippen LogP contribution in [0.15, 0.2) is 16.2 Å². The number of thiophene rings is 1. The third-order valence-corrected chi connectivity index (χ3v) is 5.15. The van der Waals surface area contributed by atoms with E-state index in [0.717, 1.165) is 22.6 Å². The van der Waals surface area contributed by atoms with Crippen LogP contribution in [0, 0.1) is 12.8 Å². The number of aromatic nitrogens is 3. The average molecular weight is 343 g/mol. The molecule has 0 amide bonds. The minimum Gasteiger partial charge on any atom is -0.323 e. The standard InChI is InChI=1S/C13H19BrN4S/c1-8(2)6-18-12(16-7-17-18)5-10(15)11-4-9(3)13(14)19-11/h4,7-8,10H,5-6,15H2,1-3H3. The van der Waals surface area contributed by atoms with Crippen molar-refractivity contribution < 1.29 is 0 Å². The molecule has 2 N–H and O–H groups in total. The molecule has 0 radical (unpaired) electrons. The first-order valence-electron chi connectivity index (χ1n) is 6.35. The summed E-state index contributed by atoms with van der Waals surface area (Å²) in [5, 5.41) is 4.27. The molecule has 1 unspecified atom stereocenters. The van der Waals surface area contributed by atoms with E-state index in [9.17, 15) is 0 Å². The number of hydrogen-bond donors (Lipinski definition) is 1. The minimum absolute atomic E-state index is 0.0230. The van der Waals surface area contributed by atoms with E-state index in [-0.39, 0.29) is 6.04 Å². The molecule has 0 aromatic carbocycles. The van der Waals surface area contributed by atoms with Crippen LogP contribution in [0.1, 0.15) is 36.2 Å². The molecule has 0 saturated carbocycles. The Morgan fingerprint density at radius 2 is 2.21 bits per heavy atom. The molecule has 2 heterocycles. The first-order valence-corrected chi connectivity index (χ1v) is 7.96. The van der Waals surface area contributed by atoms with Crippen LogP contribution in [-0.4, -0.2) is 14.8 Å². The second-order valence-corrected chi connectivity index (χ2v) is 7.57. The van der Waals surface area contributed by atoms with Gasteiger partial charge in [-0.2, -0.15) is 5.10 Å². The Labute approximate surface area is 126 Å². The van der Waals surface area contributed by atoms with Crippen LogP contribution in [0.2, 0.25) is 0 Å². The molecule has 0 spiro atoms. The first kappa shape index (κ1) is 14.7. The van der Waals surface area contributed by atoms with Gasteiger partial charge in [-0.3, -0.25) is 0 Å². The van der Waals surface area contributed by atoms with Crippen molar-refractivity contribution in [3.63, 3.8) is 0 Å². The summed E-state index contributed by atoms with van der Waals surface area (Å²) in [5.41, 5.74) is 7.51. The zero-order valence-electron chi connectivity index (χ0n) is 11.4. The van der Waals surface area contributed by atoms with Crippen molar-refractivity contribution >= 4 is 27.3 Å². The van der Waals surface area contributed by atoms with Gasteiger partial charge in [-0.1, -0.05) is 13.8 Å². The molecule has 0 aliphatic carbocycles. The van der Waals surface area contributed by atoms with Gasteiger partial charge >= 0.3 is 0 Å². The lowest BCUT2D eigenvalue weighted by Gasteiger charge is -2.12. The van der Waals surface area contributed by atoms with Crippen molar-refractivity contribution in [2.75, 3.05) is 0 Å². The molecule has 0 saturated heterocycles. The normalized spacial score (nSPS) is 13.2. The van der Waals surface area contributed by atoms with E-state index in [1.807, 2.05) is 4.68 Å². The van der Waals surface area contributed by atoms with Gasteiger partial charge < -0.3 is 5.73 Å². The fourth-order valence-electron chi connectivity index (χ4n) is 1.91. The van der Waals surface area contributed by atoms with E-state index in [0.29, 0.717) is 5.92 Å². The van der Waals surface area contributed by atoms with E-state index in [4.69, 9.17) is 5.73 Å². The molecule has 104 valence electrons. The van der Waals surface area contributed by atoms with Gasteiger partial charge in [0.15, 0.2) is 0 Å².